The van der Waals surface area contributed by atoms with E-state index in [9.17, 15) is 0 Å². The van der Waals surface area contributed by atoms with Gasteiger partial charge in [0.1, 0.15) is 0 Å². The molecular formula is C30H22CoN6. The van der Waals surface area contributed by atoms with E-state index < -0.39 is 0 Å². The molecule has 0 aliphatic carbocycles. The first kappa shape index (κ1) is 25.5. The van der Waals surface area contributed by atoms with Crippen LogP contribution in [-0.2, 0) is 16.8 Å². The minimum Gasteiger partial charge on any atom is -0.255 e. The molecule has 0 fully saturated rings. The van der Waals surface area contributed by atoms with Gasteiger partial charge in [0.15, 0.2) is 0 Å². The SMILES string of the molecule is [Co].c1ccc(-c2cccc(-c3ccccn3)n2)nc1.c1ccc(-c2cccc(-c3ccccn3)n2)nc1. The van der Waals surface area contributed by atoms with Crippen molar-refractivity contribution < 1.29 is 16.8 Å². The van der Waals surface area contributed by atoms with Crippen LogP contribution in [0, 0.1) is 0 Å². The first-order valence-electron chi connectivity index (χ1n) is 11.5. The van der Waals surface area contributed by atoms with Crippen molar-refractivity contribution in [1.29, 1.82) is 0 Å². The van der Waals surface area contributed by atoms with Crippen molar-refractivity contribution >= 4 is 0 Å². The summed E-state index contributed by atoms with van der Waals surface area (Å²) in [6, 6.07) is 35.0. The van der Waals surface area contributed by atoms with Crippen LogP contribution in [0.15, 0.2) is 134 Å². The summed E-state index contributed by atoms with van der Waals surface area (Å²) in [7, 11) is 0. The number of rotatable bonds is 4. The van der Waals surface area contributed by atoms with Gasteiger partial charge in [-0.2, -0.15) is 0 Å². The van der Waals surface area contributed by atoms with Crippen LogP contribution in [0.2, 0.25) is 0 Å². The molecule has 0 bridgehead atoms. The average molecular weight is 525 g/mol. The molecule has 0 saturated heterocycles. The molecule has 6 rings (SSSR count). The monoisotopic (exact) mass is 525 g/mol. The van der Waals surface area contributed by atoms with Crippen molar-refractivity contribution in [2.24, 2.45) is 0 Å². The Bertz CT molecular complexity index is 1290. The molecule has 1 radical (unpaired) electrons. The zero-order chi connectivity index (χ0) is 24.4. The van der Waals surface area contributed by atoms with E-state index in [1.165, 1.54) is 0 Å². The maximum atomic E-state index is 4.59. The minimum absolute atomic E-state index is 0. The predicted molar refractivity (Wildman–Crippen MR) is 141 cm³/mol. The first-order valence-corrected chi connectivity index (χ1v) is 11.5. The van der Waals surface area contributed by atoms with E-state index in [2.05, 4.69) is 29.9 Å². The summed E-state index contributed by atoms with van der Waals surface area (Å²) in [6.07, 6.45) is 7.07. The van der Waals surface area contributed by atoms with E-state index in [-0.39, 0.29) is 16.8 Å². The van der Waals surface area contributed by atoms with Gasteiger partial charge in [0.2, 0.25) is 0 Å². The molecule has 0 atom stereocenters. The molecule has 0 unspecified atom stereocenters. The molecule has 6 aromatic heterocycles. The number of pyridine rings is 6. The Morgan fingerprint density at radius 2 is 0.514 bits per heavy atom. The van der Waals surface area contributed by atoms with E-state index in [1.54, 1.807) is 24.8 Å². The standard InChI is InChI=1S/2C15H11N3.Co/c2*1-3-10-16-12(6-1)14-8-5-9-15(18-14)13-7-2-4-11-17-13;/h2*1-11H;. The van der Waals surface area contributed by atoms with Crippen LogP contribution in [0.1, 0.15) is 0 Å². The smallest absolute Gasteiger partial charge is 0.0894 e. The third-order valence-corrected chi connectivity index (χ3v) is 5.21. The second kappa shape index (κ2) is 12.9. The summed E-state index contributed by atoms with van der Waals surface area (Å²) in [4.78, 5) is 26.4. The molecule has 6 heterocycles. The van der Waals surface area contributed by atoms with Crippen LogP contribution >= 0.6 is 0 Å². The van der Waals surface area contributed by atoms with Gasteiger partial charge < -0.3 is 0 Å². The maximum Gasteiger partial charge on any atom is 0.0894 e. The number of hydrogen-bond donors (Lipinski definition) is 0. The Kier molecular flexibility index (Phi) is 8.90. The van der Waals surface area contributed by atoms with Gasteiger partial charge in [0.05, 0.1) is 45.6 Å². The third-order valence-electron chi connectivity index (χ3n) is 5.21. The van der Waals surface area contributed by atoms with E-state index in [0.717, 1.165) is 45.6 Å². The van der Waals surface area contributed by atoms with E-state index in [1.807, 2.05) is 109 Å². The van der Waals surface area contributed by atoms with Crippen LogP contribution in [0.25, 0.3) is 45.6 Å². The fourth-order valence-electron chi connectivity index (χ4n) is 3.50. The molecule has 6 nitrogen and oxygen atoms in total. The molecule has 0 spiro atoms. The maximum absolute atomic E-state index is 4.59. The van der Waals surface area contributed by atoms with Crippen molar-refractivity contribution in [2.75, 3.05) is 0 Å². The zero-order valence-corrected chi connectivity index (χ0v) is 20.8. The Labute approximate surface area is 225 Å². The Morgan fingerprint density at radius 1 is 0.270 bits per heavy atom. The zero-order valence-electron chi connectivity index (χ0n) is 19.7. The molecule has 0 amide bonds. The topological polar surface area (TPSA) is 77.3 Å². The molecule has 0 aliphatic rings. The second-order valence-electron chi connectivity index (χ2n) is 7.68. The second-order valence-corrected chi connectivity index (χ2v) is 7.68. The van der Waals surface area contributed by atoms with Gasteiger partial charge in [-0.25, -0.2) is 9.97 Å². The normalized spacial score (nSPS) is 9.95. The van der Waals surface area contributed by atoms with Crippen LogP contribution in [-0.4, -0.2) is 29.9 Å². The van der Waals surface area contributed by atoms with Crippen LogP contribution in [0.3, 0.4) is 0 Å². The Hall–Kier alpha value is -4.59. The van der Waals surface area contributed by atoms with Crippen molar-refractivity contribution in [3.8, 4) is 45.6 Å². The van der Waals surface area contributed by atoms with Crippen molar-refractivity contribution in [2.45, 2.75) is 0 Å². The van der Waals surface area contributed by atoms with Crippen LogP contribution in [0.5, 0.6) is 0 Å². The fraction of sp³-hybridized carbons (Fsp3) is 0. The van der Waals surface area contributed by atoms with Gasteiger partial charge in [-0.05, 0) is 72.8 Å². The molecule has 37 heavy (non-hydrogen) atoms. The quantitative estimate of drug-likeness (QED) is 0.265. The molecule has 181 valence electrons. The van der Waals surface area contributed by atoms with Crippen LogP contribution < -0.4 is 0 Å². The Balaban J connectivity index is 0.000000168. The molecule has 0 aromatic carbocycles. The third kappa shape index (κ3) is 6.76. The number of hydrogen-bond acceptors (Lipinski definition) is 6. The largest absolute Gasteiger partial charge is 0.255 e. The Morgan fingerprint density at radius 3 is 0.730 bits per heavy atom. The van der Waals surface area contributed by atoms with Crippen molar-refractivity contribution in [1.82, 2.24) is 29.9 Å². The molecule has 7 heteroatoms. The van der Waals surface area contributed by atoms with E-state index in [0.29, 0.717) is 0 Å². The van der Waals surface area contributed by atoms with Gasteiger partial charge in [0, 0.05) is 41.6 Å². The summed E-state index contributed by atoms with van der Waals surface area (Å²) in [5.74, 6) is 0. The van der Waals surface area contributed by atoms with Crippen molar-refractivity contribution in [3.05, 3.63) is 134 Å². The first-order chi connectivity index (χ1) is 17.9. The predicted octanol–water partition coefficient (Wildman–Crippen LogP) is 6.41. The van der Waals surface area contributed by atoms with E-state index in [4.69, 9.17) is 0 Å². The van der Waals surface area contributed by atoms with Gasteiger partial charge in [-0.15, -0.1) is 0 Å². The van der Waals surface area contributed by atoms with Gasteiger partial charge in [-0.1, -0.05) is 36.4 Å². The summed E-state index contributed by atoms with van der Waals surface area (Å²) in [5.41, 5.74) is 6.92. The fourth-order valence-corrected chi connectivity index (χ4v) is 3.50. The molecule has 6 aromatic rings. The average Bonchev–Trinajstić information content (AvgIpc) is 2.99. The van der Waals surface area contributed by atoms with Crippen LogP contribution in [0.4, 0.5) is 0 Å². The summed E-state index contributed by atoms with van der Waals surface area (Å²) >= 11 is 0. The van der Waals surface area contributed by atoms with Gasteiger partial charge >= 0.3 is 0 Å². The molecule has 0 saturated carbocycles. The number of nitrogens with zero attached hydrogens (tertiary/aromatic N) is 6. The molecular weight excluding hydrogens is 503 g/mol. The molecule has 0 aliphatic heterocycles. The summed E-state index contributed by atoms with van der Waals surface area (Å²) < 4.78 is 0. The minimum atomic E-state index is 0. The van der Waals surface area contributed by atoms with Crippen molar-refractivity contribution in [3.63, 3.8) is 0 Å². The summed E-state index contributed by atoms with van der Waals surface area (Å²) in [6.45, 7) is 0. The van der Waals surface area contributed by atoms with Gasteiger partial charge in [0.25, 0.3) is 0 Å². The molecule has 0 N–H and O–H groups in total. The summed E-state index contributed by atoms with van der Waals surface area (Å²) in [5, 5.41) is 0. The van der Waals surface area contributed by atoms with Gasteiger partial charge in [-0.3, -0.25) is 19.9 Å². The van der Waals surface area contributed by atoms with E-state index >= 15 is 0 Å². The number of aromatic nitrogens is 6.